The van der Waals surface area contributed by atoms with E-state index < -0.39 is 0 Å². The molecule has 0 saturated carbocycles. The van der Waals surface area contributed by atoms with Crippen molar-refractivity contribution in [2.75, 3.05) is 5.32 Å². The van der Waals surface area contributed by atoms with Crippen LogP contribution in [-0.4, -0.2) is 25.8 Å². The summed E-state index contributed by atoms with van der Waals surface area (Å²) in [6, 6.07) is 12.7. The molecule has 0 saturated heterocycles. The molecular weight excluding hydrogens is 250 g/mol. The summed E-state index contributed by atoms with van der Waals surface area (Å²) in [5, 5.41) is 8.91. The largest absolute Gasteiger partial charge is 0.365 e. The Bertz CT molecular complexity index is 749. The van der Waals surface area contributed by atoms with Crippen LogP contribution in [0.25, 0.3) is 10.9 Å². The SMILES string of the molecule is c1ccc2nc(NC3CCc4ncnn4C3)ccc2c1. The van der Waals surface area contributed by atoms with Crippen molar-refractivity contribution in [3.05, 3.63) is 48.5 Å². The molecule has 5 heteroatoms. The zero-order chi connectivity index (χ0) is 13.4. The second-order valence-electron chi connectivity index (χ2n) is 5.13. The number of hydrogen-bond donors (Lipinski definition) is 1. The lowest BCUT2D eigenvalue weighted by Gasteiger charge is -2.24. The highest BCUT2D eigenvalue weighted by molar-refractivity contribution is 5.80. The third kappa shape index (κ3) is 2.01. The third-order valence-electron chi connectivity index (χ3n) is 3.76. The molecular formula is C15H15N5. The Morgan fingerprint density at radius 1 is 1.15 bits per heavy atom. The van der Waals surface area contributed by atoms with Gasteiger partial charge in [-0.25, -0.2) is 14.6 Å². The van der Waals surface area contributed by atoms with E-state index in [0.717, 1.165) is 36.5 Å². The minimum atomic E-state index is 0.359. The van der Waals surface area contributed by atoms with E-state index >= 15 is 0 Å². The summed E-state index contributed by atoms with van der Waals surface area (Å²) in [6.45, 7) is 0.851. The van der Waals surface area contributed by atoms with Crippen LogP contribution >= 0.6 is 0 Å². The van der Waals surface area contributed by atoms with Gasteiger partial charge in [0, 0.05) is 17.8 Å². The Balaban J connectivity index is 1.56. The normalized spacial score (nSPS) is 17.9. The first kappa shape index (κ1) is 11.4. The monoisotopic (exact) mass is 265 g/mol. The summed E-state index contributed by atoms with van der Waals surface area (Å²) < 4.78 is 1.97. The van der Waals surface area contributed by atoms with Crippen molar-refractivity contribution >= 4 is 16.7 Å². The summed E-state index contributed by atoms with van der Waals surface area (Å²) in [6.07, 6.45) is 3.66. The van der Waals surface area contributed by atoms with E-state index in [1.807, 2.05) is 28.9 Å². The lowest BCUT2D eigenvalue weighted by Crippen LogP contribution is -2.32. The number of para-hydroxylation sites is 1. The highest BCUT2D eigenvalue weighted by Gasteiger charge is 2.19. The number of fused-ring (bicyclic) bond motifs is 2. The molecule has 0 radical (unpaired) electrons. The van der Waals surface area contributed by atoms with Gasteiger partial charge >= 0.3 is 0 Å². The lowest BCUT2D eigenvalue weighted by molar-refractivity contribution is 0.441. The highest BCUT2D eigenvalue weighted by Crippen LogP contribution is 2.18. The molecule has 3 heterocycles. The average Bonchev–Trinajstić information content (AvgIpc) is 2.95. The Morgan fingerprint density at radius 2 is 2.10 bits per heavy atom. The lowest BCUT2D eigenvalue weighted by atomic mass is 10.1. The Labute approximate surface area is 116 Å². The number of rotatable bonds is 2. The smallest absolute Gasteiger partial charge is 0.138 e. The van der Waals surface area contributed by atoms with Gasteiger partial charge in [0.15, 0.2) is 0 Å². The highest BCUT2D eigenvalue weighted by atomic mass is 15.3. The van der Waals surface area contributed by atoms with Crippen molar-refractivity contribution < 1.29 is 0 Å². The molecule has 0 fully saturated rings. The minimum Gasteiger partial charge on any atom is -0.365 e. The van der Waals surface area contributed by atoms with E-state index in [9.17, 15) is 0 Å². The zero-order valence-electron chi connectivity index (χ0n) is 11.0. The number of anilines is 1. The molecule has 0 bridgehead atoms. The molecule has 0 spiro atoms. The van der Waals surface area contributed by atoms with Crippen molar-refractivity contribution in [1.29, 1.82) is 0 Å². The quantitative estimate of drug-likeness (QED) is 0.772. The van der Waals surface area contributed by atoms with Gasteiger partial charge in [0.05, 0.1) is 12.1 Å². The zero-order valence-corrected chi connectivity index (χ0v) is 11.0. The number of pyridine rings is 1. The minimum absolute atomic E-state index is 0.359. The molecule has 1 atom stereocenters. The van der Waals surface area contributed by atoms with Crippen LogP contribution in [0, 0.1) is 0 Å². The van der Waals surface area contributed by atoms with E-state index in [0.29, 0.717) is 6.04 Å². The predicted octanol–water partition coefficient (Wildman–Crippen LogP) is 2.25. The van der Waals surface area contributed by atoms with Gasteiger partial charge in [-0.3, -0.25) is 0 Å². The molecule has 1 aliphatic rings. The number of aryl methyl sites for hydroxylation is 1. The molecule has 1 aromatic carbocycles. The molecule has 4 rings (SSSR count). The van der Waals surface area contributed by atoms with Gasteiger partial charge in [-0.15, -0.1) is 0 Å². The van der Waals surface area contributed by atoms with Crippen molar-refractivity contribution in [1.82, 2.24) is 19.7 Å². The molecule has 1 N–H and O–H groups in total. The maximum absolute atomic E-state index is 4.66. The summed E-state index contributed by atoms with van der Waals surface area (Å²) in [7, 11) is 0. The third-order valence-corrected chi connectivity index (χ3v) is 3.76. The molecule has 1 aliphatic heterocycles. The first-order valence-corrected chi connectivity index (χ1v) is 6.87. The summed E-state index contributed by atoms with van der Waals surface area (Å²) >= 11 is 0. The fourth-order valence-corrected chi connectivity index (χ4v) is 2.71. The second kappa shape index (κ2) is 4.59. The number of benzene rings is 1. The van der Waals surface area contributed by atoms with Crippen molar-refractivity contribution in [2.24, 2.45) is 0 Å². The van der Waals surface area contributed by atoms with E-state index in [2.05, 4.69) is 32.5 Å². The fourth-order valence-electron chi connectivity index (χ4n) is 2.71. The summed E-state index contributed by atoms with van der Waals surface area (Å²) in [5.41, 5.74) is 1.02. The van der Waals surface area contributed by atoms with Gasteiger partial charge in [-0.2, -0.15) is 5.10 Å². The molecule has 1 unspecified atom stereocenters. The van der Waals surface area contributed by atoms with Crippen molar-refractivity contribution in [3.63, 3.8) is 0 Å². The molecule has 3 aromatic rings. The molecule has 0 aliphatic carbocycles. The fraction of sp³-hybridized carbons (Fsp3) is 0.267. The van der Waals surface area contributed by atoms with Gasteiger partial charge < -0.3 is 5.32 Å². The predicted molar refractivity (Wildman–Crippen MR) is 77.5 cm³/mol. The number of aromatic nitrogens is 4. The van der Waals surface area contributed by atoms with Crippen molar-refractivity contribution in [3.8, 4) is 0 Å². The maximum Gasteiger partial charge on any atom is 0.138 e. The van der Waals surface area contributed by atoms with E-state index in [1.165, 1.54) is 5.39 Å². The van der Waals surface area contributed by atoms with Crippen LogP contribution in [0.4, 0.5) is 5.82 Å². The van der Waals surface area contributed by atoms with E-state index in [1.54, 1.807) is 6.33 Å². The van der Waals surface area contributed by atoms with Crippen molar-refractivity contribution in [2.45, 2.75) is 25.4 Å². The number of nitrogens with zero attached hydrogens (tertiary/aromatic N) is 4. The summed E-state index contributed by atoms with van der Waals surface area (Å²) in [5.74, 6) is 2.01. The van der Waals surface area contributed by atoms with Crippen LogP contribution in [0.5, 0.6) is 0 Å². The van der Waals surface area contributed by atoms with Gasteiger partial charge in [0.25, 0.3) is 0 Å². The van der Waals surface area contributed by atoms with Crippen LogP contribution in [0.15, 0.2) is 42.7 Å². The topological polar surface area (TPSA) is 55.6 Å². The van der Waals surface area contributed by atoms with E-state index in [4.69, 9.17) is 0 Å². The van der Waals surface area contributed by atoms with Crippen LogP contribution < -0.4 is 5.32 Å². The Hall–Kier alpha value is -2.43. The van der Waals surface area contributed by atoms with Crippen LogP contribution in [0.1, 0.15) is 12.2 Å². The number of nitrogens with one attached hydrogen (secondary N) is 1. The van der Waals surface area contributed by atoms with E-state index in [-0.39, 0.29) is 0 Å². The Kier molecular flexibility index (Phi) is 2.62. The molecule has 100 valence electrons. The molecule has 2 aromatic heterocycles. The first-order valence-electron chi connectivity index (χ1n) is 6.87. The Morgan fingerprint density at radius 3 is 3.10 bits per heavy atom. The maximum atomic E-state index is 4.66. The first-order chi connectivity index (χ1) is 9.88. The standard InChI is InChI=1S/C15H15N5/c1-2-4-13-11(3-1)5-7-14(19-13)18-12-6-8-15-16-10-17-20(15)9-12/h1-5,7,10,12H,6,8-9H2,(H,18,19). The number of hydrogen-bond acceptors (Lipinski definition) is 4. The van der Waals surface area contributed by atoms with Crippen LogP contribution in [0.3, 0.4) is 0 Å². The van der Waals surface area contributed by atoms with Gasteiger partial charge in [0.2, 0.25) is 0 Å². The van der Waals surface area contributed by atoms with Gasteiger partial charge in [-0.1, -0.05) is 18.2 Å². The van der Waals surface area contributed by atoms with Crippen LogP contribution in [-0.2, 0) is 13.0 Å². The summed E-state index contributed by atoms with van der Waals surface area (Å²) in [4.78, 5) is 8.90. The second-order valence-corrected chi connectivity index (χ2v) is 5.13. The van der Waals surface area contributed by atoms with Gasteiger partial charge in [0.1, 0.15) is 18.0 Å². The molecule has 20 heavy (non-hydrogen) atoms. The van der Waals surface area contributed by atoms with Gasteiger partial charge in [-0.05, 0) is 24.6 Å². The van der Waals surface area contributed by atoms with Crippen LogP contribution in [0.2, 0.25) is 0 Å². The molecule has 5 nitrogen and oxygen atoms in total. The average molecular weight is 265 g/mol. The molecule has 0 amide bonds.